The van der Waals surface area contributed by atoms with Crippen molar-refractivity contribution in [3.8, 4) is 5.75 Å². The first-order chi connectivity index (χ1) is 10.8. The Bertz CT molecular complexity index is 723. The van der Waals surface area contributed by atoms with Crippen molar-refractivity contribution in [1.82, 2.24) is 0 Å². The van der Waals surface area contributed by atoms with Gasteiger partial charge in [0.15, 0.2) is 0 Å². The summed E-state index contributed by atoms with van der Waals surface area (Å²) in [5, 5.41) is 0. The average molecular weight is 293 g/mol. The topological polar surface area (TPSA) is 29.5 Å². The molecule has 0 unspecified atom stereocenters. The number of rotatable bonds is 2. The van der Waals surface area contributed by atoms with Crippen LogP contribution in [0.15, 0.2) is 42.5 Å². The minimum Gasteiger partial charge on any atom is -0.493 e. The van der Waals surface area contributed by atoms with Crippen LogP contribution in [-0.2, 0) is 24.1 Å². The fraction of sp³-hybridized carbons (Fsp3) is 0.316. The third kappa shape index (κ3) is 2.37. The number of fused-ring (bicyclic) bond motifs is 2. The molecule has 2 heterocycles. The van der Waals surface area contributed by atoms with Crippen molar-refractivity contribution in [2.45, 2.75) is 25.7 Å². The number of carbonyl (C=O) groups is 1. The maximum atomic E-state index is 12.6. The summed E-state index contributed by atoms with van der Waals surface area (Å²) in [7, 11) is 0. The van der Waals surface area contributed by atoms with E-state index >= 15 is 0 Å². The molecule has 2 aliphatic heterocycles. The predicted octanol–water partition coefficient (Wildman–Crippen LogP) is 3.14. The van der Waals surface area contributed by atoms with Crippen molar-refractivity contribution < 1.29 is 9.53 Å². The predicted molar refractivity (Wildman–Crippen MR) is 86.5 cm³/mol. The Hall–Kier alpha value is -2.29. The van der Waals surface area contributed by atoms with Crippen LogP contribution in [0.25, 0.3) is 0 Å². The normalized spacial score (nSPS) is 15.9. The van der Waals surface area contributed by atoms with E-state index in [0.717, 1.165) is 49.4 Å². The van der Waals surface area contributed by atoms with E-state index in [2.05, 4.69) is 12.1 Å². The van der Waals surface area contributed by atoms with Crippen LogP contribution in [0.3, 0.4) is 0 Å². The van der Waals surface area contributed by atoms with Gasteiger partial charge in [-0.05, 0) is 48.1 Å². The summed E-state index contributed by atoms with van der Waals surface area (Å²) in [6.45, 7) is 1.60. The van der Waals surface area contributed by atoms with E-state index in [0.29, 0.717) is 6.42 Å². The SMILES string of the molecule is O=C(Cc1ccc2c(c1)CCCO2)N1CCc2ccccc21. The Balaban J connectivity index is 1.53. The molecule has 22 heavy (non-hydrogen) atoms. The molecule has 0 fully saturated rings. The first kappa shape index (κ1) is 13.4. The molecule has 2 aromatic carbocycles. The van der Waals surface area contributed by atoms with E-state index in [-0.39, 0.29) is 5.91 Å². The van der Waals surface area contributed by atoms with Gasteiger partial charge in [0.25, 0.3) is 0 Å². The summed E-state index contributed by atoms with van der Waals surface area (Å²) >= 11 is 0. The molecule has 0 aromatic heterocycles. The summed E-state index contributed by atoms with van der Waals surface area (Å²) in [6.07, 6.45) is 3.52. The fourth-order valence-electron chi connectivity index (χ4n) is 3.39. The first-order valence-electron chi connectivity index (χ1n) is 7.94. The van der Waals surface area contributed by atoms with Crippen molar-refractivity contribution in [1.29, 1.82) is 0 Å². The molecule has 2 aromatic rings. The Morgan fingerprint density at radius 1 is 1.09 bits per heavy atom. The highest BCUT2D eigenvalue weighted by Gasteiger charge is 2.24. The Morgan fingerprint density at radius 2 is 2.00 bits per heavy atom. The lowest BCUT2D eigenvalue weighted by molar-refractivity contribution is -0.117. The standard InChI is InChI=1S/C19H19NO2/c21-19(20-10-9-15-4-1-2-6-17(15)20)13-14-7-8-18-16(12-14)5-3-11-22-18/h1-2,4,6-8,12H,3,5,9-11,13H2. The third-order valence-electron chi connectivity index (χ3n) is 4.52. The molecular weight excluding hydrogens is 274 g/mol. The third-order valence-corrected chi connectivity index (χ3v) is 4.52. The molecule has 0 atom stereocenters. The minimum atomic E-state index is 0.182. The second kappa shape index (κ2) is 5.48. The maximum absolute atomic E-state index is 12.6. The molecule has 2 aliphatic rings. The number of carbonyl (C=O) groups excluding carboxylic acids is 1. The molecule has 0 N–H and O–H groups in total. The average Bonchev–Trinajstić information content (AvgIpc) is 2.99. The second-order valence-electron chi connectivity index (χ2n) is 5.99. The van der Waals surface area contributed by atoms with E-state index in [4.69, 9.17) is 4.74 Å². The number of anilines is 1. The number of hydrogen-bond donors (Lipinski definition) is 0. The van der Waals surface area contributed by atoms with Gasteiger partial charge in [-0.3, -0.25) is 4.79 Å². The van der Waals surface area contributed by atoms with Gasteiger partial charge in [-0.1, -0.05) is 30.3 Å². The fourth-order valence-corrected chi connectivity index (χ4v) is 3.39. The molecule has 1 amide bonds. The van der Waals surface area contributed by atoms with Gasteiger partial charge >= 0.3 is 0 Å². The smallest absolute Gasteiger partial charge is 0.231 e. The number of ether oxygens (including phenoxy) is 1. The van der Waals surface area contributed by atoms with Crippen molar-refractivity contribution in [2.75, 3.05) is 18.1 Å². The summed E-state index contributed by atoms with van der Waals surface area (Å²) < 4.78 is 5.63. The largest absolute Gasteiger partial charge is 0.493 e. The molecule has 0 bridgehead atoms. The molecule has 3 heteroatoms. The molecule has 0 saturated carbocycles. The number of aryl methyl sites for hydroxylation is 1. The van der Waals surface area contributed by atoms with Gasteiger partial charge in [-0.2, -0.15) is 0 Å². The van der Waals surface area contributed by atoms with Crippen LogP contribution in [0.1, 0.15) is 23.1 Å². The zero-order valence-corrected chi connectivity index (χ0v) is 12.5. The lowest BCUT2D eigenvalue weighted by Gasteiger charge is -2.20. The summed E-state index contributed by atoms with van der Waals surface area (Å²) in [5.41, 5.74) is 4.67. The van der Waals surface area contributed by atoms with E-state index in [9.17, 15) is 4.79 Å². The number of nitrogens with zero attached hydrogens (tertiary/aromatic N) is 1. The van der Waals surface area contributed by atoms with Crippen LogP contribution in [0, 0.1) is 0 Å². The zero-order valence-electron chi connectivity index (χ0n) is 12.5. The van der Waals surface area contributed by atoms with Gasteiger partial charge in [-0.15, -0.1) is 0 Å². The van der Waals surface area contributed by atoms with Crippen molar-refractivity contribution in [3.63, 3.8) is 0 Å². The number of amides is 1. The van der Waals surface area contributed by atoms with Crippen molar-refractivity contribution >= 4 is 11.6 Å². The van der Waals surface area contributed by atoms with Gasteiger partial charge < -0.3 is 9.64 Å². The zero-order chi connectivity index (χ0) is 14.9. The van der Waals surface area contributed by atoms with Gasteiger partial charge in [0.05, 0.1) is 13.0 Å². The van der Waals surface area contributed by atoms with Crippen molar-refractivity contribution in [3.05, 3.63) is 59.2 Å². The number of hydrogen-bond acceptors (Lipinski definition) is 2. The summed E-state index contributed by atoms with van der Waals surface area (Å²) in [5.74, 6) is 1.16. The Labute approximate surface area is 130 Å². The highest BCUT2D eigenvalue weighted by Crippen LogP contribution is 2.29. The second-order valence-corrected chi connectivity index (χ2v) is 5.99. The van der Waals surface area contributed by atoms with Crippen LogP contribution >= 0.6 is 0 Å². The Morgan fingerprint density at radius 3 is 2.95 bits per heavy atom. The van der Waals surface area contributed by atoms with E-state index in [1.54, 1.807) is 0 Å². The molecule has 4 rings (SSSR count). The molecular formula is C19H19NO2. The molecule has 0 spiro atoms. The van der Waals surface area contributed by atoms with Gasteiger partial charge in [0, 0.05) is 12.2 Å². The highest BCUT2D eigenvalue weighted by molar-refractivity contribution is 5.96. The summed E-state index contributed by atoms with van der Waals surface area (Å²) in [4.78, 5) is 14.6. The highest BCUT2D eigenvalue weighted by atomic mass is 16.5. The molecule has 0 aliphatic carbocycles. The van der Waals surface area contributed by atoms with E-state index in [1.165, 1.54) is 11.1 Å². The van der Waals surface area contributed by atoms with E-state index in [1.807, 2.05) is 35.2 Å². The van der Waals surface area contributed by atoms with Crippen LogP contribution < -0.4 is 9.64 Å². The molecule has 3 nitrogen and oxygen atoms in total. The van der Waals surface area contributed by atoms with E-state index < -0.39 is 0 Å². The number of para-hydroxylation sites is 1. The van der Waals surface area contributed by atoms with Crippen LogP contribution in [0.5, 0.6) is 5.75 Å². The number of benzene rings is 2. The lowest BCUT2D eigenvalue weighted by atomic mass is 10.0. The minimum absolute atomic E-state index is 0.182. The van der Waals surface area contributed by atoms with Crippen LogP contribution in [-0.4, -0.2) is 19.1 Å². The van der Waals surface area contributed by atoms with Crippen LogP contribution in [0.4, 0.5) is 5.69 Å². The Kier molecular flexibility index (Phi) is 3.34. The molecule has 112 valence electrons. The molecule has 0 saturated heterocycles. The van der Waals surface area contributed by atoms with Gasteiger partial charge in [0.2, 0.25) is 5.91 Å². The molecule has 0 radical (unpaired) electrons. The maximum Gasteiger partial charge on any atom is 0.231 e. The van der Waals surface area contributed by atoms with Gasteiger partial charge in [-0.25, -0.2) is 0 Å². The lowest BCUT2D eigenvalue weighted by Crippen LogP contribution is -2.30. The summed E-state index contributed by atoms with van der Waals surface area (Å²) in [6, 6.07) is 14.4. The quantitative estimate of drug-likeness (QED) is 0.851. The van der Waals surface area contributed by atoms with Crippen molar-refractivity contribution in [2.24, 2.45) is 0 Å². The van der Waals surface area contributed by atoms with Crippen LogP contribution in [0.2, 0.25) is 0 Å². The monoisotopic (exact) mass is 293 g/mol. The first-order valence-corrected chi connectivity index (χ1v) is 7.94. The van der Waals surface area contributed by atoms with Gasteiger partial charge in [0.1, 0.15) is 5.75 Å².